The largest absolute Gasteiger partial charge is 0.313 e. The van der Waals surface area contributed by atoms with Crippen LogP contribution in [-0.2, 0) is 16.6 Å². The molecule has 0 aliphatic rings. The van der Waals surface area contributed by atoms with Crippen molar-refractivity contribution in [3.8, 4) is 0 Å². The molecule has 0 saturated heterocycles. The minimum absolute atomic E-state index is 0.528. The topological polar surface area (TPSA) is 62.3 Å². The number of pyridine rings is 1. The molecule has 0 aromatic carbocycles. The summed E-state index contributed by atoms with van der Waals surface area (Å²) in [6, 6.07) is 2.09. The van der Waals surface area contributed by atoms with Crippen LogP contribution in [0, 0.1) is 6.92 Å². The highest BCUT2D eigenvalue weighted by Gasteiger charge is 2.12. The summed E-state index contributed by atoms with van der Waals surface area (Å²) in [6.45, 7) is 6.52. The minimum atomic E-state index is -3.06. The van der Waals surface area contributed by atoms with E-state index in [4.69, 9.17) is 0 Å². The van der Waals surface area contributed by atoms with Crippen molar-refractivity contribution in [2.45, 2.75) is 26.8 Å². The first-order valence-electron chi connectivity index (χ1n) is 6.50. The molecular weight excluding hydrogens is 262 g/mol. The molecule has 0 saturated carbocycles. The lowest BCUT2D eigenvalue weighted by Gasteiger charge is -2.17. The second-order valence-electron chi connectivity index (χ2n) is 4.66. The van der Waals surface area contributed by atoms with Gasteiger partial charge in [0.25, 0.3) is 0 Å². The van der Waals surface area contributed by atoms with Gasteiger partial charge in [-0.15, -0.1) is 0 Å². The van der Waals surface area contributed by atoms with E-state index in [1.165, 1.54) is 10.6 Å². The Bertz CT molecular complexity index is 488. The Hall–Kier alpha value is -0.980. The Morgan fingerprint density at radius 3 is 2.68 bits per heavy atom. The monoisotopic (exact) mass is 285 g/mol. The standard InChI is InChI=1S/C13H23N3O2S/c1-4-16(19(3,17)18)7-5-6-14-10-13-8-12(2)9-15-11-13/h8-9,11,14H,4-7,10H2,1-3H3. The Morgan fingerprint density at radius 2 is 2.11 bits per heavy atom. The first kappa shape index (κ1) is 16.1. The number of sulfonamides is 1. The van der Waals surface area contributed by atoms with Crippen molar-refractivity contribution >= 4 is 10.0 Å². The van der Waals surface area contributed by atoms with Crippen LogP contribution in [0.5, 0.6) is 0 Å². The summed E-state index contributed by atoms with van der Waals surface area (Å²) < 4.78 is 24.3. The van der Waals surface area contributed by atoms with Crippen LogP contribution in [0.25, 0.3) is 0 Å². The highest BCUT2D eigenvalue weighted by Crippen LogP contribution is 2.01. The zero-order valence-electron chi connectivity index (χ0n) is 11.9. The van der Waals surface area contributed by atoms with E-state index in [0.717, 1.165) is 30.6 Å². The molecule has 108 valence electrons. The molecule has 0 spiro atoms. The molecular formula is C13H23N3O2S. The maximum absolute atomic E-state index is 11.4. The summed E-state index contributed by atoms with van der Waals surface area (Å²) in [4.78, 5) is 4.13. The maximum Gasteiger partial charge on any atom is 0.211 e. The molecule has 0 fully saturated rings. The molecule has 0 amide bonds. The normalized spacial score (nSPS) is 12.0. The average Bonchev–Trinajstić information content (AvgIpc) is 2.32. The number of nitrogens with one attached hydrogen (secondary N) is 1. The third-order valence-electron chi connectivity index (χ3n) is 2.84. The zero-order valence-corrected chi connectivity index (χ0v) is 12.7. The van der Waals surface area contributed by atoms with Crippen molar-refractivity contribution < 1.29 is 8.42 Å². The molecule has 5 nitrogen and oxygen atoms in total. The highest BCUT2D eigenvalue weighted by atomic mass is 32.2. The van der Waals surface area contributed by atoms with E-state index >= 15 is 0 Å². The van der Waals surface area contributed by atoms with Crippen LogP contribution in [0.4, 0.5) is 0 Å². The fraction of sp³-hybridized carbons (Fsp3) is 0.615. The lowest BCUT2D eigenvalue weighted by atomic mass is 10.2. The minimum Gasteiger partial charge on any atom is -0.313 e. The molecule has 0 bridgehead atoms. The van der Waals surface area contributed by atoms with Gasteiger partial charge in [-0.25, -0.2) is 12.7 Å². The first-order valence-corrected chi connectivity index (χ1v) is 8.34. The number of hydrogen-bond donors (Lipinski definition) is 1. The van der Waals surface area contributed by atoms with E-state index in [2.05, 4.69) is 16.4 Å². The molecule has 0 atom stereocenters. The van der Waals surface area contributed by atoms with Gasteiger partial charge in [-0.1, -0.05) is 13.0 Å². The van der Waals surface area contributed by atoms with Crippen molar-refractivity contribution in [2.24, 2.45) is 0 Å². The summed E-state index contributed by atoms with van der Waals surface area (Å²) in [5.74, 6) is 0. The zero-order chi connectivity index (χ0) is 14.3. The van der Waals surface area contributed by atoms with E-state index < -0.39 is 10.0 Å². The van der Waals surface area contributed by atoms with Crippen molar-refractivity contribution in [3.05, 3.63) is 29.6 Å². The van der Waals surface area contributed by atoms with Gasteiger partial charge in [0.15, 0.2) is 0 Å². The van der Waals surface area contributed by atoms with Crippen LogP contribution < -0.4 is 5.32 Å². The van der Waals surface area contributed by atoms with Gasteiger partial charge >= 0.3 is 0 Å². The summed E-state index contributed by atoms with van der Waals surface area (Å²) in [5.41, 5.74) is 2.30. The van der Waals surface area contributed by atoms with Gasteiger partial charge in [0.05, 0.1) is 6.26 Å². The number of hydrogen-bond acceptors (Lipinski definition) is 4. The summed E-state index contributed by atoms with van der Waals surface area (Å²) in [6.07, 6.45) is 5.73. The lowest BCUT2D eigenvalue weighted by molar-refractivity contribution is 0.419. The molecule has 19 heavy (non-hydrogen) atoms. The van der Waals surface area contributed by atoms with Crippen LogP contribution in [-0.4, -0.2) is 43.6 Å². The van der Waals surface area contributed by atoms with Gasteiger partial charge in [0.1, 0.15) is 0 Å². The Balaban J connectivity index is 2.25. The van der Waals surface area contributed by atoms with E-state index in [1.807, 2.05) is 26.2 Å². The third-order valence-corrected chi connectivity index (χ3v) is 4.22. The van der Waals surface area contributed by atoms with Crippen LogP contribution in [0.2, 0.25) is 0 Å². The van der Waals surface area contributed by atoms with Gasteiger partial charge in [-0.2, -0.15) is 0 Å². The van der Waals surface area contributed by atoms with Crippen LogP contribution in [0.1, 0.15) is 24.5 Å². The molecule has 1 aromatic heterocycles. The van der Waals surface area contributed by atoms with Crippen LogP contribution in [0.3, 0.4) is 0 Å². The number of nitrogens with zero attached hydrogens (tertiary/aromatic N) is 2. The van der Waals surface area contributed by atoms with Gasteiger partial charge in [-0.3, -0.25) is 4.98 Å². The molecule has 1 rings (SSSR count). The highest BCUT2D eigenvalue weighted by molar-refractivity contribution is 7.88. The van der Waals surface area contributed by atoms with Crippen molar-refractivity contribution in [1.29, 1.82) is 0 Å². The van der Waals surface area contributed by atoms with Gasteiger partial charge in [0.2, 0.25) is 10.0 Å². The van der Waals surface area contributed by atoms with E-state index in [9.17, 15) is 8.42 Å². The van der Waals surface area contributed by atoms with E-state index in [-0.39, 0.29) is 0 Å². The smallest absolute Gasteiger partial charge is 0.211 e. The van der Waals surface area contributed by atoms with Crippen molar-refractivity contribution in [2.75, 3.05) is 25.9 Å². The van der Waals surface area contributed by atoms with Crippen molar-refractivity contribution in [3.63, 3.8) is 0 Å². The number of rotatable bonds is 8. The second kappa shape index (κ2) is 7.57. The number of aromatic nitrogens is 1. The first-order chi connectivity index (χ1) is 8.93. The second-order valence-corrected chi connectivity index (χ2v) is 6.64. The van der Waals surface area contributed by atoms with E-state index in [1.54, 1.807) is 0 Å². The molecule has 1 heterocycles. The van der Waals surface area contributed by atoms with Crippen LogP contribution >= 0.6 is 0 Å². The fourth-order valence-electron chi connectivity index (χ4n) is 1.89. The predicted octanol–water partition coefficient (Wildman–Crippen LogP) is 1.15. The quantitative estimate of drug-likeness (QED) is 0.728. The molecule has 1 N–H and O–H groups in total. The Kier molecular flexibility index (Phi) is 6.41. The molecule has 6 heteroatoms. The number of aryl methyl sites for hydroxylation is 1. The molecule has 0 unspecified atom stereocenters. The Labute approximate surface area is 116 Å². The molecule has 0 aliphatic heterocycles. The maximum atomic E-state index is 11.4. The summed E-state index contributed by atoms with van der Waals surface area (Å²) in [7, 11) is -3.06. The van der Waals surface area contributed by atoms with Gasteiger partial charge < -0.3 is 5.32 Å². The third kappa shape index (κ3) is 6.13. The SMILES string of the molecule is CCN(CCCNCc1cncc(C)c1)S(C)(=O)=O. The molecule has 0 radical (unpaired) electrons. The Morgan fingerprint density at radius 1 is 1.37 bits per heavy atom. The van der Waals surface area contributed by atoms with E-state index in [0.29, 0.717) is 13.1 Å². The lowest BCUT2D eigenvalue weighted by Crippen LogP contribution is -2.32. The van der Waals surface area contributed by atoms with Crippen LogP contribution in [0.15, 0.2) is 18.5 Å². The molecule has 1 aromatic rings. The van der Waals surface area contributed by atoms with Gasteiger partial charge in [0, 0.05) is 32.0 Å². The predicted molar refractivity (Wildman–Crippen MR) is 77.4 cm³/mol. The van der Waals surface area contributed by atoms with Crippen molar-refractivity contribution in [1.82, 2.24) is 14.6 Å². The summed E-state index contributed by atoms with van der Waals surface area (Å²) in [5, 5.41) is 3.30. The summed E-state index contributed by atoms with van der Waals surface area (Å²) >= 11 is 0. The van der Waals surface area contributed by atoms with Gasteiger partial charge in [-0.05, 0) is 31.0 Å². The fourth-order valence-corrected chi connectivity index (χ4v) is 2.82. The molecule has 0 aliphatic carbocycles. The average molecular weight is 285 g/mol.